The molecule has 0 spiro atoms. The van der Waals surface area contributed by atoms with Crippen molar-refractivity contribution in [2.75, 3.05) is 6.61 Å². The summed E-state index contributed by atoms with van der Waals surface area (Å²) in [4.78, 5) is 0. The average molecular weight is 305 g/mol. The summed E-state index contributed by atoms with van der Waals surface area (Å²) in [5.74, 6) is -0.867. The van der Waals surface area contributed by atoms with Gasteiger partial charge in [0.25, 0.3) is 0 Å². The van der Waals surface area contributed by atoms with E-state index in [0.717, 1.165) is 25.0 Å². The van der Waals surface area contributed by atoms with Crippen molar-refractivity contribution in [1.29, 1.82) is 0 Å². The minimum Gasteiger partial charge on any atom is -0.375 e. The molecule has 6 heteroatoms. The van der Waals surface area contributed by atoms with E-state index in [2.05, 4.69) is 5.32 Å². The number of hydrogen-bond donors (Lipinski definition) is 1. The van der Waals surface area contributed by atoms with Crippen molar-refractivity contribution in [3.63, 3.8) is 0 Å². The van der Waals surface area contributed by atoms with Crippen LogP contribution in [0.1, 0.15) is 37.8 Å². The van der Waals surface area contributed by atoms with Crippen LogP contribution in [0.5, 0.6) is 0 Å². The van der Waals surface area contributed by atoms with E-state index < -0.39 is 17.6 Å². The van der Waals surface area contributed by atoms with Crippen LogP contribution in [0, 0.1) is 5.82 Å². The van der Waals surface area contributed by atoms with Gasteiger partial charge in [0, 0.05) is 19.2 Å². The molecule has 1 atom stereocenters. The Morgan fingerprint density at radius 1 is 1.29 bits per heavy atom. The quantitative estimate of drug-likeness (QED) is 0.855. The molecule has 0 aliphatic carbocycles. The fourth-order valence-electron chi connectivity index (χ4n) is 2.58. The summed E-state index contributed by atoms with van der Waals surface area (Å²) in [6.07, 6.45) is -2.96. The highest BCUT2D eigenvalue weighted by molar-refractivity contribution is 5.26. The predicted molar refractivity (Wildman–Crippen MR) is 71.3 cm³/mol. The molecule has 0 saturated carbocycles. The Morgan fingerprint density at radius 2 is 2.00 bits per heavy atom. The molecule has 1 aromatic carbocycles. The molecule has 21 heavy (non-hydrogen) atoms. The van der Waals surface area contributed by atoms with Crippen LogP contribution in [0.3, 0.4) is 0 Å². The molecule has 1 unspecified atom stereocenters. The van der Waals surface area contributed by atoms with Crippen molar-refractivity contribution in [3.8, 4) is 0 Å². The number of benzene rings is 1. The van der Waals surface area contributed by atoms with Crippen molar-refractivity contribution < 1.29 is 22.3 Å². The third-order valence-electron chi connectivity index (χ3n) is 3.58. The van der Waals surface area contributed by atoms with Crippen LogP contribution in [-0.2, 0) is 17.5 Å². The molecule has 2 rings (SSSR count). The highest BCUT2D eigenvalue weighted by atomic mass is 19.4. The second-order valence-electron chi connectivity index (χ2n) is 6.02. The number of halogens is 4. The van der Waals surface area contributed by atoms with Crippen molar-refractivity contribution in [2.45, 2.75) is 51.1 Å². The van der Waals surface area contributed by atoms with Gasteiger partial charge in [-0.1, -0.05) is 0 Å². The lowest BCUT2D eigenvalue weighted by Crippen LogP contribution is -2.43. The molecular weight excluding hydrogens is 286 g/mol. The highest BCUT2D eigenvalue weighted by Crippen LogP contribution is 2.30. The van der Waals surface area contributed by atoms with Gasteiger partial charge >= 0.3 is 6.18 Å². The molecule has 1 saturated heterocycles. The first-order valence-electron chi connectivity index (χ1n) is 6.90. The lowest BCUT2D eigenvalue weighted by molar-refractivity contribution is -0.137. The highest BCUT2D eigenvalue weighted by Gasteiger charge is 2.32. The fraction of sp³-hybridized carbons (Fsp3) is 0.600. The number of hydrogen-bond acceptors (Lipinski definition) is 2. The Labute approximate surface area is 121 Å². The first kappa shape index (κ1) is 16.2. The summed E-state index contributed by atoms with van der Waals surface area (Å²) in [5, 5.41) is 3.19. The van der Waals surface area contributed by atoms with Gasteiger partial charge in [0.15, 0.2) is 0 Å². The minimum atomic E-state index is -4.53. The number of rotatable bonds is 3. The van der Waals surface area contributed by atoms with E-state index in [-0.39, 0.29) is 18.2 Å². The van der Waals surface area contributed by atoms with Crippen LogP contribution in [0.25, 0.3) is 0 Å². The summed E-state index contributed by atoms with van der Waals surface area (Å²) >= 11 is 0. The number of nitrogens with one attached hydrogen (secondary N) is 1. The molecule has 1 aliphatic rings. The molecule has 1 heterocycles. The van der Waals surface area contributed by atoms with Crippen molar-refractivity contribution >= 4 is 0 Å². The Hall–Kier alpha value is -1.14. The standard InChI is InChI=1S/C15H19F4NO/c1-14(2)8-13(3-4-21-14)20-9-10-5-11(15(17,18)19)7-12(16)6-10/h5-7,13,20H,3-4,8-9H2,1-2H3. The average Bonchev–Trinajstić information content (AvgIpc) is 2.33. The van der Waals surface area contributed by atoms with Crippen LogP contribution in [-0.4, -0.2) is 18.2 Å². The van der Waals surface area contributed by atoms with E-state index >= 15 is 0 Å². The van der Waals surface area contributed by atoms with Gasteiger partial charge in [0.1, 0.15) is 5.82 Å². The second-order valence-corrected chi connectivity index (χ2v) is 6.02. The van der Waals surface area contributed by atoms with Crippen LogP contribution in [0.2, 0.25) is 0 Å². The fourth-order valence-corrected chi connectivity index (χ4v) is 2.58. The van der Waals surface area contributed by atoms with Gasteiger partial charge in [0.2, 0.25) is 0 Å². The second kappa shape index (κ2) is 5.93. The lowest BCUT2D eigenvalue weighted by atomic mass is 9.94. The third kappa shape index (κ3) is 4.68. The van der Waals surface area contributed by atoms with Gasteiger partial charge in [0.05, 0.1) is 11.2 Å². The number of ether oxygens (including phenoxy) is 1. The first-order chi connectivity index (χ1) is 9.66. The maximum atomic E-state index is 13.3. The Bertz CT molecular complexity index is 499. The molecule has 1 fully saturated rings. The van der Waals surface area contributed by atoms with E-state index in [9.17, 15) is 17.6 Å². The summed E-state index contributed by atoms with van der Waals surface area (Å²) in [6.45, 7) is 4.78. The van der Waals surface area contributed by atoms with Gasteiger partial charge in [-0.2, -0.15) is 13.2 Å². The summed E-state index contributed by atoms with van der Waals surface area (Å²) in [5.41, 5.74) is -0.896. The molecule has 1 aliphatic heterocycles. The molecule has 118 valence electrons. The van der Waals surface area contributed by atoms with E-state index in [4.69, 9.17) is 4.74 Å². The smallest absolute Gasteiger partial charge is 0.375 e. The van der Waals surface area contributed by atoms with Crippen LogP contribution in [0.15, 0.2) is 18.2 Å². The van der Waals surface area contributed by atoms with Gasteiger partial charge in [-0.15, -0.1) is 0 Å². The van der Waals surface area contributed by atoms with E-state index in [1.165, 1.54) is 0 Å². The topological polar surface area (TPSA) is 21.3 Å². The zero-order chi connectivity index (χ0) is 15.7. The zero-order valence-corrected chi connectivity index (χ0v) is 12.1. The predicted octanol–water partition coefficient (Wildman–Crippen LogP) is 3.89. The summed E-state index contributed by atoms with van der Waals surface area (Å²) in [6, 6.07) is 2.79. The largest absolute Gasteiger partial charge is 0.416 e. The van der Waals surface area contributed by atoms with Crippen molar-refractivity contribution in [2.24, 2.45) is 0 Å². The molecule has 1 aromatic rings. The SMILES string of the molecule is CC1(C)CC(NCc2cc(F)cc(C(F)(F)F)c2)CCO1. The van der Waals surface area contributed by atoms with Gasteiger partial charge in [-0.3, -0.25) is 0 Å². The molecule has 0 aromatic heterocycles. The maximum Gasteiger partial charge on any atom is 0.416 e. The van der Waals surface area contributed by atoms with E-state index in [1.54, 1.807) is 0 Å². The normalized spacial score (nSPS) is 22.3. The Balaban J connectivity index is 2.02. The molecule has 0 bridgehead atoms. The van der Waals surface area contributed by atoms with Gasteiger partial charge < -0.3 is 10.1 Å². The van der Waals surface area contributed by atoms with Gasteiger partial charge in [-0.05, 0) is 50.5 Å². The molecule has 0 amide bonds. The van der Waals surface area contributed by atoms with Crippen LogP contribution in [0.4, 0.5) is 17.6 Å². The molecule has 0 radical (unpaired) electrons. The molecule has 2 nitrogen and oxygen atoms in total. The minimum absolute atomic E-state index is 0.159. The zero-order valence-electron chi connectivity index (χ0n) is 12.1. The van der Waals surface area contributed by atoms with Gasteiger partial charge in [-0.25, -0.2) is 4.39 Å². The summed E-state index contributed by atoms with van der Waals surface area (Å²) < 4.78 is 56.8. The molecule has 1 N–H and O–H groups in total. The van der Waals surface area contributed by atoms with Crippen LogP contribution < -0.4 is 5.32 Å². The monoisotopic (exact) mass is 305 g/mol. The Morgan fingerprint density at radius 3 is 2.62 bits per heavy atom. The molecular formula is C15H19F4NO. The third-order valence-corrected chi connectivity index (χ3v) is 3.58. The van der Waals surface area contributed by atoms with Crippen molar-refractivity contribution in [3.05, 3.63) is 35.1 Å². The van der Waals surface area contributed by atoms with Crippen molar-refractivity contribution in [1.82, 2.24) is 5.32 Å². The summed E-state index contributed by atoms with van der Waals surface area (Å²) in [7, 11) is 0. The first-order valence-corrected chi connectivity index (χ1v) is 6.90. The Kier molecular flexibility index (Phi) is 4.58. The van der Waals surface area contributed by atoms with Crippen LogP contribution >= 0.6 is 0 Å². The number of alkyl halides is 3. The maximum absolute atomic E-state index is 13.3. The van der Waals surface area contributed by atoms with E-state index in [0.29, 0.717) is 18.2 Å². The lowest BCUT2D eigenvalue weighted by Gasteiger charge is -2.36. The van der Waals surface area contributed by atoms with E-state index in [1.807, 2.05) is 13.8 Å².